The fraction of sp³-hybridized carbons (Fsp3) is 1.00. The van der Waals surface area contributed by atoms with E-state index in [4.69, 9.17) is 5.11 Å². The van der Waals surface area contributed by atoms with Crippen LogP contribution in [0.1, 0.15) is 12.8 Å². The van der Waals surface area contributed by atoms with Crippen molar-refractivity contribution in [2.75, 3.05) is 13.1 Å². The van der Waals surface area contributed by atoms with Crippen LogP contribution in [0.5, 0.6) is 0 Å². The molecule has 0 amide bonds. The van der Waals surface area contributed by atoms with Crippen molar-refractivity contribution in [3.05, 3.63) is 0 Å². The maximum Gasteiger partial charge on any atom is 0.239 e. The van der Waals surface area contributed by atoms with Gasteiger partial charge >= 0.3 is 0 Å². The summed E-state index contributed by atoms with van der Waals surface area (Å²) in [7, 11) is 0. The molecule has 66 valence electrons. The van der Waals surface area contributed by atoms with Crippen LogP contribution in [-0.4, -0.2) is 30.7 Å². The number of β-amino-alcohol motifs (C(OH)–C–C–N with tert-alkyl or cyclic N) is 1. The van der Waals surface area contributed by atoms with Crippen LogP contribution in [0.25, 0.3) is 0 Å². The zero-order valence-electron chi connectivity index (χ0n) is 6.26. The van der Waals surface area contributed by atoms with Crippen LogP contribution in [0, 0.1) is 5.92 Å². The van der Waals surface area contributed by atoms with E-state index in [2.05, 4.69) is 5.32 Å². The van der Waals surface area contributed by atoms with Crippen molar-refractivity contribution in [1.82, 2.24) is 5.32 Å². The van der Waals surface area contributed by atoms with Gasteiger partial charge in [-0.3, -0.25) is 0 Å². The highest BCUT2D eigenvalue weighted by atomic mass is 19.3. The Hall–Kier alpha value is -0.220. The molecule has 1 heterocycles. The highest BCUT2D eigenvalue weighted by Crippen LogP contribution is 2.18. The first kappa shape index (κ1) is 8.87. The van der Waals surface area contributed by atoms with Crippen LogP contribution in [0.3, 0.4) is 0 Å². The largest absolute Gasteiger partial charge is 0.392 e. The molecule has 0 spiro atoms. The molecule has 1 saturated heterocycles. The minimum absolute atomic E-state index is 0.0567. The number of aliphatic hydroxyl groups excluding tert-OH is 1. The van der Waals surface area contributed by atoms with Gasteiger partial charge < -0.3 is 10.4 Å². The lowest BCUT2D eigenvalue weighted by Gasteiger charge is -2.26. The Morgan fingerprint density at radius 3 is 2.73 bits per heavy atom. The number of rotatable bonds is 2. The van der Waals surface area contributed by atoms with Gasteiger partial charge in [-0.05, 0) is 18.9 Å². The lowest BCUT2D eigenvalue weighted by Crippen LogP contribution is -2.39. The molecular weight excluding hydrogens is 152 g/mol. The lowest BCUT2D eigenvalue weighted by molar-refractivity contribution is 0.0678. The number of hydrogen-bond donors (Lipinski definition) is 2. The first-order valence-corrected chi connectivity index (χ1v) is 3.85. The van der Waals surface area contributed by atoms with Gasteiger partial charge in [-0.15, -0.1) is 0 Å². The third-order valence-electron chi connectivity index (χ3n) is 1.93. The van der Waals surface area contributed by atoms with Crippen LogP contribution >= 0.6 is 0 Å². The van der Waals surface area contributed by atoms with Crippen molar-refractivity contribution in [3.63, 3.8) is 0 Å². The monoisotopic (exact) mass is 165 g/mol. The van der Waals surface area contributed by atoms with E-state index in [1.165, 1.54) is 0 Å². The Labute approximate surface area is 64.6 Å². The Balaban J connectivity index is 2.23. The van der Waals surface area contributed by atoms with E-state index in [1.807, 2.05) is 0 Å². The summed E-state index contributed by atoms with van der Waals surface area (Å²) in [6.07, 6.45) is -2.26. The average Bonchev–Trinajstić information content (AvgIpc) is 1.85. The number of hydrogen-bond acceptors (Lipinski definition) is 2. The van der Waals surface area contributed by atoms with Crippen molar-refractivity contribution in [3.8, 4) is 0 Å². The molecule has 4 heteroatoms. The summed E-state index contributed by atoms with van der Waals surface area (Å²) in [5, 5.41) is 12.0. The molecule has 0 saturated carbocycles. The number of halogens is 2. The summed E-state index contributed by atoms with van der Waals surface area (Å²) in [5.41, 5.74) is 0. The molecule has 1 aliphatic heterocycles. The summed E-state index contributed by atoms with van der Waals surface area (Å²) in [4.78, 5) is 0. The second-order valence-corrected chi connectivity index (χ2v) is 3.04. The molecule has 0 aromatic carbocycles. The van der Waals surface area contributed by atoms with Crippen molar-refractivity contribution in [1.29, 1.82) is 0 Å². The minimum Gasteiger partial charge on any atom is -0.392 e. The van der Waals surface area contributed by atoms with Gasteiger partial charge in [0, 0.05) is 13.0 Å². The van der Waals surface area contributed by atoms with Crippen LogP contribution in [0.4, 0.5) is 8.78 Å². The van der Waals surface area contributed by atoms with Gasteiger partial charge in [0.2, 0.25) is 6.43 Å². The van der Waals surface area contributed by atoms with Crippen molar-refractivity contribution < 1.29 is 13.9 Å². The van der Waals surface area contributed by atoms with E-state index >= 15 is 0 Å². The lowest BCUT2D eigenvalue weighted by atomic mass is 9.95. The third kappa shape index (κ3) is 3.12. The topological polar surface area (TPSA) is 32.3 Å². The van der Waals surface area contributed by atoms with Crippen LogP contribution in [0.15, 0.2) is 0 Å². The van der Waals surface area contributed by atoms with E-state index in [-0.39, 0.29) is 12.3 Å². The molecule has 2 N–H and O–H groups in total. The molecule has 0 radical (unpaired) electrons. The molecule has 0 aromatic heterocycles. The van der Waals surface area contributed by atoms with Gasteiger partial charge in [0.15, 0.2) is 0 Å². The van der Waals surface area contributed by atoms with Crippen LogP contribution in [-0.2, 0) is 0 Å². The summed E-state index contributed by atoms with van der Waals surface area (Å²) >= 11 is 0. The molecule has 2 nitrogen and oxygen atoms in total. The predicted octanol–water partition coefficient (Wildman–Crippen LogP) is 0.612. The van der Waals surface area contributed by atoms with Gasteiger partial charge in [-0.2, -0.15) is 0 Å². The molecule has 0 unspecified atom stereocenters. The number of alkyl halides is 2. The molecular formula is C7H13F2NO. The molecule has 1 aliphatic rings. The van der Waals surface area contributed by atoms with Crippen LogP contribution < -0.4 is 5.32 Å². The van der Waals surface area contributed by atoms with Gasteiger partial charge in [-0.1, -0.05) is 0 Å². The summed E-state index contributed by atoms with van der Waals surface area (Å²) in [6.45, 7) is 1.15. The Kier molecular flexibility index (Phi) is 3.20. The number of nitrogens with one attached hydrogen (secondary N) is 1. The molecule has 1 fully saturated rings. The van der Waals surface area contributed by atoms with Crippen molar-refractivity contribution in [2.45, 2.75) is 25.4 Å². The quantitative estimate of drug-likeness (QED) is 0.628. The first-order chi connectivity index (χ1) is 5.18. The Bertz CT molecular complexity index is 119. The van der Waals surface area contributed by atoms with E-state index in [0.29, 0.717) is 19.5 Å². The molecule has 11 heavy (non-hydrogen) atoms. The molecule has 1 rings (SSSR count). The Morgan fingerprint density at radius 1 is 1.45 bits per heavy atom. The van der Waals surface area contributed by atoms with E-state index in [0.717, 1.165) is 0 Å². The first-order valence-electron chi connectivity index (χ1n) is 3.85. The highest BCUT2D eigenvalue weighted by Gasteiger charge is 2.22. The van der Waals surface area contributed by atoms with Gasteiger partial charge in [0.1, 0.15) is 0 Å². The third-order valence-corrected chi connectivity index (χ3v) is 1.93. The highest BCUT2D eigenvalue weighted by molar-refractivity contribution is 4.75. The molecule has 0 aliphatic carbocycles. The van der Waals surface area contributed by atoms with E-state index in [9.17, 15) is 8.78 Å². The van der Waals surface area contributed by atoms with E-state index < -0.39 is 12.5 Å². The van der Waals surface area contributed by atoms with Crippen molar-refractivity contribution in [2.24, 2.45) is 5.92 Å². The van der Waals surface area contributed by atoms with Crippen molar-refractivity contribution >= 4 is 0 Å². The molecule has 0 bridgehead atoms. The van der Waals surface area contributed by atoms with Gasteiger partial charge in [0.05, 0.1) is 6.10 Å². The maximum atomic E-state index is 11.8. The average molecular weight is 165 g/mol. The van der Waals surface area contributed by atoms with Gasteiger partial charge in [-0.25, -0.2) is 8.78 Å². The minimum atomic E-state index is -2.24. The van der Waals surface area contributed by atoms with Gasteiger partial charge in [0.25, 0.3) is 0 Å². The Morgan fingerprint density at radius 2 is 2.18 bits per heavy atom. The smallest absolute Gasteiger partial charge is 0.239 e. The van der Waals surface area contributed by atoms with E-state index in [1.54, 1.807) is 0 Å². The second kappa shape index (κ2) is 3.97. The molecule has 0 aromatic rings. The second-order valence-electron chi connectivity index (χ2n) is 3.04. The standard InChI is InChI=1S/C7H13F2NO/c8-7(9)2-5-1-6(11)4-10-3-5/h5-7,10-11H,1-4H2/t5-,6-/m0/s1. The van der Waals surface area contributed by atoms with Crippen LogP contribution in [0.2, 0.25) is 0 Å². The fourth-order valence-corrected chi connectivity index (χ4v) is 1.44. The summed E-state index contributed by atoms with van der Waals surface area (Å²) in [6, 6.07) is 0. The zero-order valence-corrected chi connectivity index (χ0v) is 6.26. The maximum absolute atomic E-state index is 11.8. The molecule has 2 atom stereocenters. The normalized spacial score (nSPS) is 32.7. The SMILES string of the molecule is O[C@@H]1CNC[C@H](CC(F)F)C1. The zero-order chi connectivity index (χ0) is 8.27. The summed E-state index contributed by atoms with van der Waals surface area (Å²) in [5.74, 6) is -0.0567. The summed E-state index contributed by atoms with van der Waals surface area (Å²) < 4.78 is 23.7. The predicted molar refractivity (Wildman–Crippen MR) is 37.6 cm³/mol. The number of aliphatic hydroxyl groups is 1. The fourth-order valence-electron chi connectivity index (χ4n) is 1.44. The number of piperidine rings is 1.